The predicted molar refractivity (Wildman–Crippen MR) is 97.1 cm³/mol. The summed E-state index contributed by atoms with van der Waals surface area (Å²) in [6.45, 7) is 3.53. The molecule has 134 valence electrons. The molecule has 5 heteroatoms. The van der Waals surface area contributed by atoms with E-state index in [1.807, 2.05) is 22.7 Å². The molecule has 0 fully saturated rings. The number of hydrogen-bond donors (Lipinski definition) is 1. The van der Waals surface area contributed by atoms with E-state index in [4.69, 9.17) is 0 Å². The minimum absolute atomic E-state index is 0.103. The van der Waals surface area contributed by atoms with E-state index in [1.165, 1.54) is 11.1 Å². The topological polar surface area (TPSA) is 58.4 Å². The van der Waals surface area contributed by atoms with Gasteiger partial charge in [-0.25, -0.2) is 0 Å². The second-order valence-electron chi connectivity index (χ2n) is 6.65. The van der Waals surface area contributed by atoms with Crippen LogP contribution < -0.4 is 0 Å². The van der Waals surface area contributed by atoms with E-state index in [9.17, 15) is 9.90 Å². The van der Waals surface area contributed by atoms with E-state index in [1.54, 1.807) is 6.20 Å². The Bertz CT molecular complexity index is 710. The molecule has 25 heavy (non-hydrogen) atoms. The fourth-order valence-electron chi connectivity index (χ4n) is 3.69. The molecular weight excluding hydrogens is 314 g/mol. The van der Waals surface area contributed by atoms with E-state index < -0.39 is 0 Å². The van der Waals surface area contributed by atoms with Gasteiger partial charge in [-0.05, 0) is 49.3 Å². The highest BCUT2D eigenvalue weighted by molar-refractivity contribution is 5.79. The molecule has 1 heterocycles. The maximum Gasteiger partial charge on any atom is 0.227 e. The molecule has 5 nitrogen and oxygen atoms in total. The molecule has 0 bridgehead atoms. The van der Waals surface area contributed by atoms with Crippen LogP contribution in [0.4, 0.5) is 0 Å². The first-order valence-electron chi connectivity index (χ1n) is 9.22. The Morgan fingerprint density at radius 1 is 1.40 bits per heavy atom. The SMILES string of the molecule is CCn1cc(CC(=O)N(CCCO)C2CCCc3ccccc32)cn1. The van der Waals surface area contributed by atoms with E-state index in [-0.39, 0.29) is 18.6 Å². The molecular formula is C20H27N3O2. The third kappa shape index (κ3) is 4.10. The minimum Gasteiger partial charge on any atom is -0.396 e. The lowest BCUT2D eigenvalue weighted by atomic mass is 9.86. The van der Waals surface area contributed by atoms with Crippen LogP contribution in [-0.2, 0) is 24.2 Å². The highest BCUT2D eigenvalue weighted by Crippen LogP contribution is 2.34. The van der Waals surface area contributed by atoms with Crippen LogP contribution in [0.25, 0.3) is 0 Å². The quantitative estimate of drug-likeness (QED) is 0.842. The third-order valence-corrected chi connectivity index (χ3v) is 4.96. The van der Waals surface area contributed by atoms with Crippen LogP contribution in [-0.4, -0.2) is 38.8 Å². The number of aromatic nitrogens is 2. The summed E-state index contributed by atoms with van der Waals surface area (Å²) >= 11 is 0. The minimum atomic E-state index is 0.103. The molecule has 0 saturated carbocycles. The number of carbonyl (C=O) groups excluding carboxylic acids is 1. The Kier molecular flexibility index (Phi) is 5.87. The van der Waals surface area contributed by atoms with Crippen LogP contribution in [0.2, 0.25) is 0 Å². The van der Waals surface area contributed by atoms with Crippen LogP contribution in [0.3, 0.4) is 0 Å². The Balaban J connectivity index is 1.80. The first-order valence-corrected chi connectivity index (χ1v) is 9.22. The lowest BCUT2D eigenvalue weighted by Gasteiger charge is -2.36. The molecule has 1 aromatic heterocycles. The Morgan fingerprint density at radius 2 is 2.24 bits per heavy atom. The molecule has 0 saturated heterocycles. The molecule has 0 spiro atoms. The Hall–Kier alpha value is -2.14. The molecule has 1 amide bonds. The number of aliphatic hydroxyl groups is 1. The average molecular weight is 341 g/mol. The summed E-state index contributed by atoms with van der Waals surface area (Å²) in [7, 11) is 0. The zero-order chi connectivity index (χ0) is 17.6. The molecule has 0 aliphatic heterocycles. The van der Waals surface area contributed by atoms with Gasteiger partial charge in [0.05, 0.1) is 18.7 Å². The molecule has 0 radical (unpaired) electrons. The summed E-state index contributed by atoms with van der Waals surface area (Å²) in [5, 5.41) is 13.5. The maximum absolute atomic E-state index is 13.0. The van der Waals surface area contributed by atoms with Gasteiger partial charge < -0.3 is 10.0 Å². The number of amides is 1. The number of nitrogens with zero attached hydrogens (tertiary/aromatic N) is 3. The van der Waals surface area contributed by atoms with Crippen LogP contribution in [0, 0.1) is 0 Å². The van der Waals surface area contributed by atoms with E-state index >= 15 is 0 Å². The summed E-state index contributed by atoms with van der Waals surface area (Å²) in [5.74, 6) is 0.116. The first-order chi connectivity index (χ1) is 12.2. The zero-order valence-corrected chi connectivity index (χ0v) is 14.9. The molecule has 1 aliphatic carbocycles. The van der Waals surface area contributed by atoms with E-state index in [2.05, 4.69) is 29.4 Å². The van der Waals surface area contributed by atoms with Crippen LogP contribution in [0.15, 0.2) is 36.7 Å². The fraction of sp³-hybridized carbons (Fsp3) is 0.500. The monoisotopic (exact) mass is 341 g/mol. The second kappa shape index (κ2) is 8.30. The summed E-state index contributed by atoms with van der Waals surface area (Å²) in [4.78, 5) is 15.0. The number of hydrogen-bond acceptors (Lipinski definition) is 3. The number of carbonyl (C=O) groups is 1. The third-order valence-electron chi connectivity index (χ3n) is 4.96. The van der Waals surface area contributed by atoms with Crippen molar-refractivity contribution in [3.8, 4) is 0 Å². The first kappa shape index (κ1) is 17.7. The van der Waals surface area contributed by atoms with Gasteiger partial charge in [0, 0.05) is 25.9 Å². The smallest absolute Gasteiger partial charge is 0.227 e. The summed E-state index contributed by atoms with van der Waals surface area (Å²) in [6.07, 6.45) is 7.86. The van der Waals surface area contributed by atoms with Crippen molar-refractivity contribution in [3.63, 3.8) is 0 Å². The number of fused-ring (bicyclic) bond motifs is 1. The second-order valence-corrected chi connectivity index (χ2v) is 6.65. The van der Waals surface area contributed by atoms with Crippen molar-refractivity contribution in [1.29, 1.82) is 0 Å². The summed E-state index contributed by atoms with van der Waals surface area (Å²) < 4.78 is 1.84. The van der Waals surface area contributed by atoms with Gasteiger partial charge in [0.2, 0.25) is 5.91 Å². The molecule has 2 aromatic rings. The van der Waals surface area contributed by atoms with Crippen molar-refractivity contribution in [2.45, 2.75) is 51.6 Å². The predicted octanol–water partition coefficient (Wildman–Crippen LogP) is 2.73. The molecule has 1 atom stereocenters. The van der Waals surface area contributed by atoms with Gasteiger partial charge in [0.1, 0.15) is 0 Å². The van der Waals surface area contributed by atoms with Gasteiger partial charge in [0.15, 0.2) is 0 Å². The normalized spacial score (nSPS) is 16.5. The van der Waals surface area contributed by atoms with Crippen molar-refractivity contribution in [1.82, 2.24) is 14.7 Å². The van der Waals surface area contributed by atoms with Crippen molar-refractivity contribution in [2.75, 3.05) is 13.2 Å². The van der Waals surface area contributed by atoms with Gasteiger partial charge in [-0.15, -0.1) is 0 Å². The molecule has 1 unspecified atom stereocenters. The highest BCUT2D eigenvalue weighted by atomic mass is 16.3. The lowest BCUT2D eigenvalue weighted by molar-refractivity contribution is -0.133. The van der Waals surface area contributed by atoms with Gasteiger partial charge in [-0.1, -0.05) is 24.3 Å². The van der Waals surface area contributed by atoms with Gasteiger partial charge in [-0.2, -0.15) is 5.10 Å². The molecule has 1 aromatic carbocycles. The summed E-state index contributed by atoms with van der Waals surface area (Å²) in [6, 6.07) is 8.55. The average Bonchev–Trinajstić information content (AvgIpc) is 3.09. The van der Waals surface area contributed by atoms with Gasteiger partial charge in [-0.3, -0.25) is 9.48 Å². The van der Waals surface area contributed by atoms with Crippen molar-refractivity contribution >= 4 is 5.91 Å². The van der Waals surface area contributed by atoms with E-state index in [0.717, 1.165) is 31.4 Å². The fourth-order valence-corrected chi connectivity index (χ4v) is 3.69. The number of benzene rings is 1. The Morgan fingerprint density at radius 3 is 3.00 bits per heavy atom. The molecule has 1 aliphatic rings. The standard InChI is InChI=1S/C20H27N3O2/c1-2-22-15-16(14-21-22)13-20(25)23(11-6-12-24)19-10-5-8-17-7-3-4-9-18(17)19/h3-4,7,9,14-15,19,24H,2,5-6,8,10-13H2,1H3. The zero-order valence-electron chi connectivity index (χ0n) is 14.9. The van der Waals surface area contributed by atoms with Crippen LogP contribution in [0.1, 0.15) is 48.9 Å². The molecule has 1 N–H and O–H groups in total. The number of rotatable bonds is 7. The Labute approximate surface area is 149 Å². The number of aryl methyl sites for hydroxylation is 2. The highest BCUT2D eigenvalue weighted by Gasteiger charge is 2.28. The van der Waals surface area contributed by atoms with Crippen molar-refractivity contribution in [3.05, 3.63) is 53.3 Å². The molecule has 3 rings (SSSR count). The maximum atomic E-state index is 13.0. The number of aliphatic hydroxyl groups excluding tert-OH is 1. The summed E-state index contributed by atoms with van der Waals surface area (Å²) in [5.41, 5.74) is 3.56. The van der Waals surface area contributed by atoms with Crippen LogP contribution in [0.5, 0.6) is 0 Å². The van der Waals surface area contributed by atoms with Gasteiger partial charge >= 0.3 is 0 Å². The van der Waals surface area contributed by atoms with Crippen LogP contribution >= 0.6 is 0 Å². The lowest BCUT2D eigenvalue weighted by Crippen LogP contribution is -2.38. The van der Waals surface area contributed by atoms with E-state index in [0.29, 0.717) is 19.4 Å². The largest absolute Gasteiger partial charge is 0.396 e. The van der Waals surface area contributed by atoms with Gasteiger partial charge in [0.25, 0.3) is 0 Å². The van der Waals surface area contributed by atoms with Crippen molar-refractivity contribution in [2.24, 2.45) is 0 Å². The van der Waals surface area contributed by atoms with Crippen molar-refractivity contribution < 1.29 is 9.90 Å².